The van der Waals surface area contributed by atoms with Gasteiger partial charge in [0.1, 0.15) is 9.71 Å². The van der Waals surface area contributed by atoms with Crippen LogP contribution in [0.5, 0.6) is 0 Å². The molecule has 25 heavy (non-hydrogen) atoms. The van der Waals surface area contributed by atoms with E-state index in [4.69, 9.17) is 4.74 Å². The summed E-state index contributed by atoms with van der Waals surface area (Å²) in [4.78, 5) is 31.4. The predicted octanol–water partition coefficient (Wildman–Crippen LogP) is 3.71. The van der Waals surface area contributed by atoms with Gasteiger partial charge in [-0.15, -0.1) is 23.1 Å². The number of ether oxygens (including phenoxy) is 1. The topological polar surface area (TPSA) is 61.2 Å². The van der Waals surface area contributed by atoms with Crippen LogP contribution in [0.4, 0.5) is 0 Å². The normalized spacial score (nSPS) is 11.0. The summed E-state index contributed by atoms with van der Waals surface area (Å²) < 4.78 is 6.63. The van der Waals surface area contributed by atoms with Crippen molar-refractivity contribution >= 4 is 39.3 Å². The molecule has 130 valence electrons. The van der Waals surface area contributed by atoms with E-state index in [9.17, 15) is 9.59 Å². The first-order valence-corrected chi connectivity index (χ1v) is 9.87. The Morgan fingerprint density at radius 3 is 2.68 bits per heavy atom. The molecule has 0 aliphatic carbocycles. The summed E-state index contributed by atoms with van der Waals surface area (Å²) in [7, 11) is 0. The van der Waals surface area contributed by atoms with E-state index in [2.05, 4.69) is 4.98 Å². The van der Waals surface area contributed by atoms with Gasteiger partial charge in [0.15, 0.2) is 0 Å². The van der Waals surface area contributed by atoms with Crippen LogP contribution in [0.15, 0.2) is 40.3 Å². The van der Waals surface area contributed by atoms with Crippen molar-refractivity contribution in [2.24, 2.45) is 0 Å². The van der Waals surface area contributed by atoms with Crippen molar-refractivity contribution in [2.75, 3.05) is 12.9 Å². The van der Waals surface area contributed by atoms with E-state index >= 15 is 0 Å². The minimum absolute atomic E-state index is 0.136. The largest absolute Gasteiger partial charge is 0.462 e. The van der Waals surface area contributed by atoms with Crippen LogP contribution in [0.2, 0.25) is 0 Å². The smallest absolute Gasteiger partial charge is 0.348 e. The Balaban J connectivity index is 2.00. The number of esters is 1. The third-order valence-corrected chi connectivity index (χ3v) is 5.81. The molecule has 0 saturated heterocycles. The molecule has 0 N–H and O–H groups in total. The first kappa shape index (κ1) is 17.7. The lowest BCUT2D eigenvalue weighted by Crippen LogP contribution is -2.21. The minimum atomic E-state index is -0.401. The highest BCUT2D eigenvalue weighted by atomic mass is 32.2. The molecule has 1 aromatic carbocycles. The molecule has 0 saturated carbocycles. The molecule has 0 bridgehead atoms. The molecule has 0 amide bonds. The SMILES string of the molecule is CCOC(=O)c1sc2ncn(Cc3ccc(SC)cc3)c(=O)c2c1C. The predicted molar refractivity (Wildman–Crippen MR) is 102 cm³/mol. The number of nitrogens with zero attached hydrogens (tertiary/aromatic N) is 2. The number of aryl methyl sites for hydroxylation is 1. The summed E-state index contributed by atoms with van der Waals surface area (Å²) in [6.45, 7) is 4.27. The Morgan fingerprint density at radius 2 is 2.04 bits per heavy atom. The number of thiophene rings is 1. The average Bonchev–Trinajstić information content (AvgIpc) is 2.96. The maximum absolute atomic E-state index is 12.8. The van der Waals surface area contributed by atoms with Crippen LogP contribution in [0, 0.1) is 6.92 Å². The molecular formula is C18H18N2O3S2. The number of carbonyl (C=O) groups is 1. The fourth-order valence-corrected chi connectivity index (χ4v) is 4.03. The van der Waals surface area contributed by atoms with Gasteiger partial charge in [-0.3, -0.25) is 9.36 Å². The van der Waals surface area contributed by atoms with Gasteiger partial charge in [0, 0.05) is 4.90 Å². The number of carbonyl (C=O) groups excluding carboxylic acids is 1. The highest BCUT2D eigenvalue weighted by molar-refractivity contribution is 7.98. The zero-order chi connectivity index (χ0) is 18.0. The zero-order valence-electron chi connectivity index (χ0n) is 14.2. The number of hydrogen-bond acceptors (Lipinski definition) is 6. The van der Waals surface area contributed by atoms with Crippen LogP contribution in [0.3, 0.4) is 0 Å². The highest BCUT2D eigenvalue weighted by Crippen LogP contribution is 2.27. The van der Waals surface area contributed by atoms with Crippen molar-refractivity contribution in [1.82, 2.24) is 9.55 Å². The molecule has 7 heteroatoms. The molecule has 0 spiro atoms. The second kappa shape index (κ2) is 7.41. The average molecular weight is 374 g/mol. The van der Waals surface area contributed by atoms with E-state index in [0.29, 0.717) is 33.8 Å². The molecule has 0 fully saturated rings. The Hall–Kier alpha value is -2.12. The maximum atomic E-state index is 12.8. The summed E-state index contributed by atoms with van der Waals surface area (Å²) in [6, 6.07) is 8.08. The van der Waals surface area contributed by atoms with Gasteiger partial charge in [-0.05, 0) is 43.4 Å². The van der Waals surface area contributed by atoms with E-state index in [1.54, 1.807) is 30.2 Å². The quantitative estimate of drug-likeness (QED) is 0.503. The number of rotatable bonds is 5. The van der Waals surface area contributed by atoms with Crippen LogP contribution in [-0.2, 0) is 11.3 Å². The van der Waals surface area contributed by atoms with Crippen LogP contribution < -0.4 is 5.56 Å². The summed E-state index contributed by atoms with van der Waals surface area (Å²) in [5.41, 5.74) is 1.53. The Bertz CT molecular complexity index is 974. The Labute approximate surface area is 153 Å². The van der Waals surface area contributed by atoms with E-state index in [-0.39, 0.29) is 5.56 Å². The molecule has 0 atom stereocenters. The molecule has 0 aliphatic rings. The Kier molecular flexibility index (Phi) is 5.24. The summed E-state index contributed by atoms with van der Waals surface area (Å²) >= 11 is 2.88. The van der Waals surface area contributed by atoms with Crippen molar-refractivity contribution in [3.05, 3.63) is 57.0 Å². The van der Waals surface area contributed by atoms with Crippen LogP contribution in [-0.4, -0.2) is 28.4 Å². The lowest BCUT2D eigenvalue weighted by Gasteiger charge is -2.06. The maximum Gasteiger partial charge on any atom is 0.348 e. The van der Waals surface area contributed by atoms with Gasteiger partial charge >= 0.3 is 5.97 Å². The van der Waals surface area contributed by atoms with Crippen molar-refractivity contribution in [1.29, 1.82) is 0 Å². The number of aromatic nitrogens is 2. The first-order chi connectivity index (χ1) is 12.0. The van der Waals surface area contributed by atoms with Gasteiger partial charge in [0.25, 0.3) is 5.56 Å². The van der Waals surface area contributed by atoms with Gasteiger partial charge < -0.3 is 4.74 Å². The highest BCUT2D eigenvalue weighted by Gasteiger charge is 2.20. The van der Waals surface area contributed by atoms with Gasteiger partial charge in [-0.2, -0.15) is 0 Å². The second-order valence-corrected chi connectivity index (χ2v) is 7.36. The lowest BCUT2D eigenvalue weighted by molar-refractivity contribution is 0.0531. The first-order valence-electron chi connectivity index (χ1n) is 7.83. The van der Waals surface area contributed by atoms with Crippen LogP contribution in [0.25, 0.3) is 10.2 Å². The van der Waals surface area contributed by atoms with E-state index in [1.165, 1.54) is 22.6 Å². The number of fused-ring (bicyclic) bond motifs is 1. The number of hydrogen-bond donors (Lipinski definition) is 0. The summed E-state index contributed by atoms with van der Waals surface area (Å²) in [5.74, 6) is -0.401. The fraction of sp³-hybridized carbons (Fsp3) is 0.278. The van der Waals surface area contributed by atoms with Crippen molar-refractivity contribution in [3.8, 4) is 0 Å². The molecule has 0 radical (unpaired) electrons. The molecular weight excluding hydrogens is 356 g/mol. The van der Waals surface area contributed by atoms with Crippen LogP contribution >= 0.6 is 23.1 Å². The second-order valence-electron chi connectivity index (χ2n) is 5.48. The summed E-state index contributed by atoms with van der Waals surface area (Å²) in [6.07, 6.45) is 3.57. The lowest BCUT2D eigenvalue weighted by atomic mass is 10.2. The van der Waals surface area contributed by atoms with Crippen LogP contribution in [0.1, 0.15) is 27.7 Å². The number of benzene rings is 1. The summed E-state index contributed by atoms with van der Waals surface area (Å²) in [5, 5.41) is 0.497. The van der Waals surface area contributed by atoms with E-state index in [1.807, 2.05) is 30.5 Å². The molecule has 3 rings (SSSR count). The van der Waals surface area contributed by atoms with Gasteiger partial charge in [0.2, 0.25) is 0 Å². The molecule has 0 aliphatic heterocycles. The third kappa shape index (κ3) is 3.48. The monoisotopic (exact) mass is 374 g/mol. The van der Waals surface area contributed by atoms with Gasteiger partial charge in [-0.25, -0.2) is 9.78 Å². The number of thioether (sulfide) groups is 1. The van der Waals surface area contributed by atoms with Crippen molar-refractivity contribution in [3.63, 3.8) is 0 Å². The van der Waals surface area contributed by atoms with Gasteiger partial charge in [0.05, 0.1) is 24.9 Å². The van der Waals surface area contributed by atoms with E-state index in [0.717, 1.165) is 5.56 Å². The Morgan fingerprint density at radius 1 is 1.32 bits per heavy atom. The molecule has 3 aromatic rings. The van der Waals surface area contributed by atoms with Crippen molar-refractivity contribution < 1.29 is 9.53 Å². The van der Waals surface area contributed by atoms with Gasteiger partial charge in [-0.1, -0.05) is 12.1 Å². The van der Waals surface area contributed by atoms with Crippen molar-refractivity contribution in [2.45, 2.75) is 25.3 Å². The third-order valence-electron chi connectivity index (χ3n) is 3.89. The zero-order valence-corrected chi connectivity index (χ0v) is 15.9. The molecule has 2 aromatic heterocycles. The molecule has 2 heterocycles. The molecule has 0 unspecified atom stereocenters. The fourth-order valence-electron chi connectivity index (χ4n) is 2.59. The minimum Gasteiger partial charge on any atom is -0.462 e. The standard InChI is InChI=1S/C18H18N2O3S2/c1-4-23-18(22)15-11(2)14-16(25-15)19-10-20(17(14)21)9-12-5-7-13(24-3)8-6-12/h5-8,10H,4,9H2,1-3H3. The molecule has 5 nitrogen and oxygen atoms in total. The van der Waals surface area contributed by atoms with E-state index < -0.39 is 5.97 Å².